The molecule has 0 atom stereocenters. The predicted molar refractivity (Wildman–Crippen MR) is 76.7 cm³/mol. The van der Waals surface area contributed by atoms with E-state index in [2.05, 4.69) is 4.98 Å². The van der Waals surface area contributed by atoms with Crippen molar-refractivity contribution in [1.29, 1.82) is 0 Å². The molecule has 0 radical (unpaired) electrons. The van der Waals surface area contributed by atoms with E-state index in [0.717, 1.165) is 11.1 Å². The number of hydrogen-bond acceptors (Lipinski definition) is 4. The van der Waals surface area contributed by atoms with Gasteiger partial charge in [0, 0.05) is 11.8 Å². The van der Waals surface area contributed by atoms with Gasteiger partial charge in [-0.05, 0) is 43.2 Å². The molecule has 2 aromatic rings. The summed E-state index contributed by atoms with van der Waals surface area (Å²) >= 11 is 0. The normalized spacial score (nSPS) is 10.2. The van der Waals surface area contributed by atoms with Crippen LogP contribution >= 0.6 is 0 Å². The average Bonchev–Trinajstić information content (AvgIpc) is 2.45. The van der Waals surface area contributed by atoms with Gasteiger partial charge in [0.25, 0.3) is 0 Å². The Hall–Kier alpha value is -2.36. The van der Waals surface area contributed by atoms with E-state index in [1.807, 2.05) is 19.9 Å². The van der Waals surface area contributed by atoms with Gasteiger partial charge in [0.05, 0.1) is 14.2 Å². The second kappa shape index (κ2) is 5.74. The predicted octanol–water partition coefficient (Wildman–Crippen LogP) is 2.95. The number of methoxy groups -OCH3 is 2. The third kappa shape index (κ3) is 2.64. The van der Waals surface area contributed by atoms with Crippen molar-refractivity contribution in [3.8, 4) is 11.5 Å². The lowest BCUT2D eigenvalue weighted by Crippen LogP contribution is -2.07. The number of nitrogens with zero attached hydrogens (tertiary/aromatic N) is 1. The molecule has 2 rings (SSSR count). The fourth-order valence-corrected chi connectivity index (χ4v) is 2.07. The number of carbonyl (C=O) groups excluding carboxylic acids is 1. The Kier molecular flexibility index (Phi) is 4.03. The van der Waals surface area contributed by atoms with Crippen molar-refractivity contribution in [3.63, 3.8) is 0 Å². The van der Waals surface area contributed by atoms with Crippen LogP contribution < -0.4 is 9.47 Å². The molecule has 0 N–H and O–H groups in total. The van der Waals surface area contributed by atoms with Crippen LogP contribution in [0.2, 0.25) is 0 Å². The Labute approximate surface area is 118 Å². The molecule has 0 aliphatic rings. The van der Waals surface area contributed by atoms with Crippen LogP contribution in [0.25, 0.3) is 0 Å². The molecule has 104 valence electrons. The number of aryl methyl sites for hydroxylation is 2. The first-order chi connectivity index (χ1) is 9.56. The monoisotopic (exact) mass is 271 g/mol. The molecule has 0 saturated heterocycles. The summed E-state index contributed by atoms with van der Waals surface area (Å²) < 4.78 is 10.4. The first kappa shape index (κ1) is 14.1. The van der Waals surface area contributed by atoms with Gasteiger partial charge in [0.1, 0.15) is 5.69 Å². The minimum atomic E-state index is -0.122. The first-order valence-electron chi connectivity index (χ1n) is 6.26. The molecule has 1 heterocycles. The maximum Gasteiger partial charge on any atom is 0.211 e. The Morgan fingerprint density at radius 2 is 1.75 bits per heavy atom. The number of ether oxygens (including phenoxy) is 2. The van der Waals surface area contributed by atoms with Crippen molar-refractivity contribution in [2.24, 2.45) is 0 Å². The number of benzene rings is 1. The molecule has 0 aliphatic carbocycles. The summed E-state index contributed by atoms with van der Waals surface area (Å²) in [6.45, 7) is 3.83. The Morgan fingerprint density at radius 3 is 2.35 bits per heavy atom. The minimum Gasteiger partial charge on any atom is -0.493 e. The van der Waals surface area contributed by atoms with Gasteiger partial charge in [-0.1, -0.05) is 6.07 Å². The van der Waals surface area contributed by atoms with Crippen molar-refractivity contribution in [3.05, 3.63) is 52.8 Å². The van der Waals surface area contributed by atoms with E-state index in [1.165, 1.54) is 0 Å². The molecule has 20 heavy (non-hydrogen) atoms. The van der Waals surface area contributed by atoms with E-state index in [-0.39, 0.29) is 5.78 Å². The van der Waals surface area contributed by atoms with E-state index in [4.69, 9.17) is 9.47 Å². The fourth-order valence-electron chi connectivity index (χ4n) is 2.07. The zero-order chi connectivity index (χ0) is 14.7. The van der Waals surface area contributed by atoms with Crippen molar-refractivity contribution < 1.29 is 14.3 Å². The van der Waals surface area contributed by atoms with E-state index in [0.29, 0.717) is 22.8 Å². The zero-order valence-corrected chi connectivity index (χ0v) is 12.1. The van der Waals surface area contributed by atoms with Crippen LogP contribution in [0.15, 0.2) is 30.5 Å². The second-order valence-electron chi connectivity index (χ2n) is 4.58. The first-order valence-corrected chi connectivity index (χ1v) is 6.26. The maximum absolute atomic E-state index is 12.5. The summed E-state index contributed by atoms with van der Waals surface area (Å²) in [5.74, 6) is 1.00. The largest absolute Gasteiger partial charge is 0.493 e. The lowest BCUT2D eigenvalue weighted by molar-refractivity contribution is 0.103. The van der Waals surface area contributed by atoms with Crippen LogP contribution in [0.5, 0.6) is 11.5 Å². The lowest BCUT2D eigenvalue weighted by atomic mass is 10.0. The topological polar surface area (TPSA) is 48.4 Å². The quantitative estimate of drug-likeness (QED) is 0.802. The molecule has 0 aliphatic heterocycles. The molecule has 1 aromatic heterocycles. The van der Waals surface area contributed by atoms with Gasteiger partial charge < -0.3 is 9.47 Å². The third-order valence-electron chi connectivity index (χ3n) is 3.08. The van der Waals surface area contributed by atoms with Gasteiger partial charge in [-0.2, -0.15) is 0 Å². The molecule has 0 fully saturated rings. The average molecular weight is 271 g/mol. The van der Waals surface area contributed by atoms with E-state index >= 15 is 0 Å². The molecular weight excluding hydrogens is 254 g/mol. The third-order valence-corrected chi connectivity index (χ3v) is 3.08. The molecule has 0 bridgehead atoms. The lowest BCUT2D eigenvalue weighted by Gasteiger charge is -2.10. The van der Waals surface area contributed by atoms with Crippen LogP contribution in [-0.4, -0.2) is 25.0 Å². The molecule has 4 nitrogen and oxygen atoms in total. The Morgan fingerprint density at radius 1 is 1.05 bits per heavy atom. The Balaban J connectivity index is 2.43. The summed E-state index contributed by atoms with van der Waals surface area (Å²) in [5.41, 5.74) is 2.89. The summed E-state index contributed by atoms with van der Waals surface area (Å²) in [4.78, 5) is 16.7. The summed E-state index contributed by atoms with van der Waals surface area (Å²) in [6, 6.07) is 7.05. The highest BCUT2D eigenvalue weighted by Crippen LogP contribution is 2.28. The number of carbonyl (C=O) groups is 1. The smallest absolute Gasteiger partial charge is 0.211 e. The Bertz CT molecular complexity index is 650. The van der Waals surface area contributed by atoms with E-state index < -0.39 is 0 Å². The number of rotatable bonds is 4. The minimum absolute atomic E-state index is 0.122. The van der Waals surface area contributed by atoms with Crippen molar-refractivity contribution in [1.82, 2.24) is 4.98 Å². The van der Waals surface area contributed by atoms with E-state index in [9.17, 15) is 4.79 Å². The van der Waals surface area contributed by atoms with Crippen LogP contribution in [0.4, 0.5) is 0 Å². The van der Waals surface area contributed by atoms with Crippen molar-refractivity contribution in [2.75, 3.05) is 14.2 Å². The van der Waals surface area contributed by atoms with Crippen LogP contribution in [0, 0.1) is 13.8 Å². The van der Waals surface area contributed by atoms with Gasteiger partial charge in [-0.25, -0.2) is 0 Å². The van der Waals surface area contributed by atoms with Gasteiger partial charge in [0.15, 0.2) is 11.5 Å². The molecule has 4 heteroatoms. The standard InChI is InChI=1S/C16H17NO3/c1-10-7-11(2)15(17-9-10)16(18)12-5-6-13(19-3)14(8-12)20-4/h5-9H,1-4H3. The summed E-state index contributed by atoms with van der Waals surface area (Å²) in [6.07, 6.45) is 1.70. The zero-order valence-electron chi connectivity index (χ0n) is 12.1. The van der Waals surface area contributed by atoms with Crippen molar-refractivity contribution in [2.45, 2.75) is 13.8 Å². The van der Waals surface area contributed by atoms with Crippen molar-refractivity contribution >= 4 is 5.78 Å². The highest BCUT2D eigenvalue weighted by atomic mass is 16.5. The molecule has 0 unspecified atom stereocenters. The number of pyridine rings is 1. The highest BCUT2D eigenvalue weighted by Gasteiger charge is 2.15. The molecular formula is C16H17NO3. The SMILES string of the molecule is COc1ccc(C(=O)c2ncc(C)cc2C)cc1OC. The van der Waals surface area contributed by atoms with E-state index in [1.54, 1.807) is 38.6 Å². The number of aromatic nitrogens is 1. The second-order valence-corrected chi connectivity index (χ2v) is 4.58. The number of hydrogen-bond donors (Lipinski definition) is 0. The molecule has 0 amide bonds. The van der Waals surface area contributed by atoms with Gasteiger partial charge in [-0.3, -0.25) is 9.78 Å². The van der Waals surface area contributed by atoms with Gasteiger partial charge >= 0.3 is 0 Å². The highest BCUT2D eigenvalue weighted by molar-refractivity contribution is 6.08. The maximum atomic E-state index is 12.5. The molecule has 0 saturated carbocycles. The molecule has 0 spiro atoms. The fraction of sp³-hybridized carbons (Fsp3) is 0.250. The summed E-state index contributed by atoms with van der Waals surface area (Å²) in [7, 11) is 3.10. The van der Waals surface area contributed by atoms with Crippen LogP contribution in [0.1, 0.15) is 27.2 Å². The van der Waals surface area contributed by atoms with Gasteiger partial charge in [-0.15, -0.1) is 0 Å². The number of ketones is 1. The van der Waals surface area contributed by atoms with Crippen LogP contribution in [0.3, 0.4) is 0 Å². The summed E-state index contributed by atoms with van der Waals surface area (Å²) in [5, 5.41) is 0. The van der Waals surface area contributed by atoms with Crippen LogP contribution in [-0.2, 0) is 0 Å². The molecule has 1 aromatic carbocycles. The van der Waals surface area contributed by atoms with Gasteiger partial charge in [0.2, 0.25) is 5.78 Å².